The predicted octanol–water partition coefficient (Wildman–Crippen LogP) is 1.25. The Labute approximate surface area is 189 Å². The van der Waals surface area contributed by atoms with Crippen LogP contribution in [0.5, 0.6) is 0 Å². The summed E-state index contributed by atoms with van der Waals surface area (Å²) in [5.41, 5.74) is 0. The Morgan fingerprint density at radius 2 is 1.61 bits per heavy atom. The number of thioether (sulfide) groups is 1. The van der Waals surface area contributed by atoms with Crippen molar-refractivity contribution >= 4 is 29.5 Å². The van der Waals surface area contributed by atoms with Gasteiger partial charge in [-0.05, 0) is 19.3 Å². The number of ether oxygens (including phenoxy) is 3. The van der Waals surface area contributed by atoms with Crippen LogP contribution in [0.25, 0.3) is 0 Å². The topological polar surface area (TPSA) is 115 Å². The number of urea groups is 1. The molecule has 0 spiro atoms. The van der Waals surface area contributed by atoms with Crippen molar-refractivity contribution in [3.8, 4) is 0 Å². The Bertz CT molecular complexity index is 565. The number of unbranched alkanes of at least 4 members (excludes halogenated alkanes) is 1. The molecule has 0 aromatic rings. The molecule has 0 aromatic carbocycles. The summed E-state index contributed by atoms with van der Waals surface area (Å²) in [6.45, 7) is 2.87. The number of amides is 3. The van der Waals surface area contributed by atoms with Crippen molar-refractivity contribution in [2.75, 3.05) is 52.4 Å². The normalized spacial score (nSPS) is 22.1. The molecule has 0 aromatic heterocycles. The average molecular weight is 460 g/mol. The van der Waals surface area contributed by atoms with Crippen LogP contribution in [-0.4, -0.2) is 87.5 Å². The molecule has 2 fully saturated rings. The van der Waals surface area contributed by atoms with Gasteiger partial charge in [0.1, 0.15) is 5.78 Å². The highest BCUT2D eigenvalue weighted by molar-refractivity contribution is 8.00. The number of hydrogen-bond acceptors (Lipinski definition) is 7. The molecule has 0 saturated carbocycles. The van der Waals surface area contributed by atoms with E-state index in [-0.39, 0.29) is 24.0 Å². The predicted molar refractivity (Wildman–Crippen MR) is 119 cm³/mol. The van der Waals surface area contributed by atoms with Crippen LogP contribution in [0.4, 0.5) is 4.79 Å². The van der Waals surface area contributed by atoms with Crippen LogP contribution in [0, 0.1) is 0 Å². The number of fused-ring (bicyclic) bond motifs is 1. The largest absolute Gasteiger partial charge is 0.379 e. The molecule has 2 rings (SSSR count). The third-order valence-corrected chi connectivity index (χ3v) is 6.88. The van der Waals surface area contributed by atoms with E-state index in [0.717, 1.165) is 31.4 Å². The fraction of sp³-hybridized carbons (Fsp3) is 0.857. The maximum atomic E-state index is 12.0. The van der Waals surface area contributed by atoms with E-state index in [1.807, 2.05) is 11.8 Å². The minimum absolute atomic E-state index is 0.0351. The van der Waals surface area contributed by atoms with Crippen LogP contribution in [-0.2, 0) is 23.8 Å². The quantitative estimate of drug-likeness (QED) is 0.209. The summed E-state index contributed by atoms with van der Waals surface area (Å²) in [5.74, 6) is 1.24. The fourth-order valence-corrected chi connectivity index (χ4v) is 5.18. The zero-order valence-electron chi connectivity index (χ0n) is 18.5. The first-order chi connectivity index (χ1) is 15.1. The van der Waals surface area contributed by atoms with Gasteiger partial charge in [-0.3, -0.25) is 9.59 Å². The smallest absolute Gasteiger partial charge is 0.315 e. The second-order valence-corrected chi connectivity index (χ2v) is 9.04. The van der Waals surface area contributed by atoms with E-state index in [0.29, 0.717) is 69.9 Å². The summed E-state index contributed by atoms with van der Waals surface area (Å²) in [6.07, 6.45) is 5.25. The molecule has 2 saturated heterocycles. The standard InChI is InChI=1S/C21H37N3O6S/c1-22-19(26)8-10-29-12-14-30-13-11-28-9-4-6-16(25)5-2-3-7-18-20-17(15-31-18)23-21(27)24-20/h17-18,20H,2-15H2,1H3,(H,22,26)(H2,23,24,27)/t17-,18?,20-/m0/s1. The highest BCUT2D eigenvalue weighted by atomic mass is 32.2. The second kappa shape index (κ2) is 15.4. The number of nitrogens with one attached hydrogen (secondary N) is 3. The zero-order valence-corrected chi connectivity index (χ0v) is 19.3. The van der Waals surface area contributed by atoms with Gasteiger partial charge < -0.3 is 30.2 Å². The molecule has 178 valence electrons. The van der Waals surface area contributed by atoms with Crippen molar-refractivity contribution in [3.05, 3.63) is 0 Å². The highest BCUT2D eigenvalue weighted by Gasteiger charge is 2.42. The Morgan fingerprint density at radius 3 is 2.35 bits per heavy atom. The number of Topliss-reactive ketones (excluding diaryl/α,β-unsaturated/α-hetero) is 1. The third kappa shape index (κ3) is 10.7. The molecule has 10 heteroatoms. The maximum Gasteiger partial charge on any atom is 0.315 e. The summed E-state index contributed by atoms with van der Waals surface area (Å²) in [5, 5.41) is 8.95. The Balaban J connectivity index is 1.31. The summed E-state index contributed by atoms with van der Waals surface area (Å²) in [7, 11) is 1.60. The van der Waals surface area contributed by atoms with Gasteiger partial charge in [-0.25, -0.2) is 4.79 Å². The monoisotopic (exact) mass is 459 g/mol. The van der Waals surface area contributed by atoms with E-state index in [4.69, 9.17) is 14.2 Å². The van der Waals surface area contributed by atoms with Gasteiger partial charge in [0.05, 0.1) is 45.1 Å². The van der Waals surface area contributed by atoms with Gasteiger partial charge in [0, 0.05) is 43.9 Å². The molecule has 2 aliphatic rings. The number of carbonyl (C=O) groups is 3. The molecular formula is C21H37N3O6S. The molecule has 31 heavy (non-hydrogen) atoms. The van der Waals surface area contributed by atoms with Crippen LogP contribution in [0.3, 0.4) is 0 Å². The van der Waals surface area contributed by atoms with Gasteiger partial charge in [0.25, 0.3) is 0 Å². The summed E-state index contributed by atoms with van der Waals surface area (Å²) < 4.78 is 16.2. The van der Waals surface area contributed by atoms with Crippen molar-refractivity contribution in [1.82, 2.24) is 16.0 Å². The molecule has 0 aliphatic carbocycles. The highest BCUT2D eigenvalue weighted by Crippen LogP contribution is 2.33. The first kappa shape index (κ1) is 25.9. The van der Waals surface area contributed by atoms with Crippen LogP contribution >= 0.6 is 11.8 Å². The van der Waals surface area contributed by atoms with Crippen LogP contribution in [0.15, 0.2) is 0 Å². The van der Waals surface area contributed by atoms with Crippen molar-refractivity contribution < 1.29 is 28.6 Å². The van der Waals surface area contributed by atoms with Crippen molar-refractivity contribution in [2.24, 2.45) is 0 Å². The number of hydrogen-bond donors (Lipinski definition) is 3. The number of ketones is 1. The van der Waals surface area contributed by atoms with E-state index in [2.05, 4.69) is 16.0 Å². The van der Waals surface area contributed by atoms with Gasteiger partial charge in [0.15, 0.2) is 0 Å². The van der Waals surface area contributed by atoms with Gasteiger partial charge in [-0.2, -0.15) is 11.8 Å². The Kier molecular flexibility index (Phi) is 12.9. The minimum Gasteiger partial charge on any atom is -0.379 e. The SMILES string of the molecule is CNC(=O)CCOCCOCCOCCCC(=O)CCCCC1SC[C@@H]2NC(=O)N[C@H]12. The lowest BCUT2D eigenvalue weighted by Gasteiger charge is -2.16. The van der Waals surface area contributed by atoms with Gasteiger partial charge in [0.2, 0.25) is 5.91 Å². The maximum absolute atomic E-state index is 12.0. The van der Waals surface area contributed by atoms with Gasteiger partial charge in [-0.15, -0.1) is 0 Å². The van der Waals surface area contributed by atoms with E-state index in [1.165, 1.54) is 0 Å². The zero-order chi connectivity index (χ0) is 22.3. The number of carbonyl (C=O) groups excluding carboxylic acids is 3. The molecule has 2 heterocycles. The van der Waals surface area contributed by atoms with E-state index >= 15 is 0 Å². The fourth-order valence-electron chi connectivity index (χ4n) is 3.64. The minimum atomic E-state index is -0.0484. The van der Waals surface area contributed by atoms with E-state index in [9.17, 15) is 14.4 Å². The molecular weight excluding hydrogens is 422 g/mol. The van der Waals surface area contributed by atoms with Crippen LogP contribution in [0.1, 0.15) is 44.9 Å². The molecule has 9 nitrogen and oxygen atoms in total. The summed E-state index contributed by atoms with van der Waals surface area (Å²) in [4.78, 5) is 34.4. The molecule has 3 amide bonds. The van der Waals surface area contributed by atoms with Crippen molar-refractivity contribution in [3.63, 3.8) is 0 Å². The molecule has 3 atom stereocenters. The molecule has 2 aliphatic heterocycles. The van der Waals surface area contributed by atoms with Crippen molar-refractivity contribution in [1.29, 1.82) is 0 Å². The molecule has 1 unspecified atom stereocenters. The summed E-state index contributed by atoms with van der Waals surface area (Å²) in [6, 6.07) is 0.465. The van der Waals surface area contributed by atoms with E-state index < -0.39 is 0 Å². The van der Waals surface area contributed by atoms with Crippen LogP contribution in [0.2, 0.25) is 0 Å². The lowest BCUT2D eigenvalue weighted by atomic mass is 10.0. The average Bonchev–Trinajstić information content (AvgIpc) is 3.31. The lowest BCUT2D eigenvalue weighted by molar-refractivity contribution is -0.122. The Hall–Kier alpha value is -1.36. The lowest BCUT2D eigenvalue weighted by Crippen LogP contribution is -2.36. The third-order valence-electron chi connectivity index (χ3n) is 5.37. The van der Waals surface area contributed by atoms with Crippen molar-refractivity contribution in [2.45, 2.75) is 62.3 Å². The molecule has 0 radical (unpaired) electrons. The number of rotatable bonds is 18. The first-order valence-corrected chi connectivity index (χ1v) is 12.3. The first-order valence-electron chi connectivity index (χ1n) is 11.2. The summed E-state index contributed by atoms with van der Waals surface area (Å²) >= 11 is 1.92. The van der Waals surface area contributed by atoms with E-state index in [1.54, 1.807) is 7.05 Å². The van der Waals surface area contributed by atoms with Crippen LogP contribution < -0.4 is 16.0 Å². The second-order valence-electron chi connectivity index (χ2n) is 7.77. The van der Waals surface area contributed by atoms with Gasteiger partial charge >= 0.3 is 6.03 Å². The molecule has 3 N–H and O–H groups in total. The van der Waals surface area contributed by atoms with Gasteiger partial charge in [-0.1, -0.05) is 6.42 Å². The molecule has 0 bridgehead atoms. The Morgan fingerprint density at radius 1 is 0.935 bits per heavy atom.